The number of amides is 1. The first-order chi connectivity index (χ1) is 17.0. The number of nitrogens with zero attached hydrogens (tertiary/aromatic N) is 5. The van der Waals surface area contributed by atoms with Crippen LogP contribution in [0.5, 0.6) is 0 Å². The van der Waals surface area contributed by atoms with Gasteiger partial charge in [0.25, 0.3) is 5.56 Å². The summed E-state index contributed by atoms with van der Waals surface area (Å²) in [6.45, 7) is 3.80. The van der Waals surface area contributed by atoms with Crippen molar-refractivity contribution < 1.29 is 4.79 Å². The predicted molar refractivity (Wildman–Crippen MR) is 134 cm³/mol. The summed E-state index contributed by atoms with van der Waals surface area (Å²) in [5.74, 6) is 0.510. The third-order valence-electron chi connectivity index (χ3n) is 5.68. The van der Waals surface area contributed by atoms with Gasteiger partial charge < -0.3 is 5.32 Å². The minimum Gasteiger partial charge on any atom is -0.310 e. The number of aromatic nitrogens is 6. The Balaban J connectivity index is 1.42. The Morgan fingerprint density at radius 2 is 1.86 bits per heavy atom. The average Bonchev–Trinajstić information content (AvgIpc) is 3.43. The van der Waals surface area contributed by atoms with Crippen molar-refractivity contribution in [3.8, 4) is 11.6 Å². The van der Waals surface area contributed by atoms with E-state index < -0.39 is 0 Å². The first kappa shape index (κ1) is 22.3. The van der Waals surface area contributed by atoms with Crippen molar-refractivity contribution in [3.05, 3.63) is 94.0 Å². The molecule has 0 atom stereocenters. The summed E-state index contributed by atoms with van der Waals surface area (Å²) in [5.41, 5.74) is 3.81. The maximum Gasteiger partial charge on any atom is 0.263 e. The molecule has 9 heteroatoms. The van der Waals surface area contributed by atoms with Crippen molar-refractivity contribution in [1.29, 1.82) is 0 Å². The van der Waals surface area contributed by atoms with E-state index in [4.69, 9.17) is 0 Å². The largest absolute Gasteiger partial charge is 0.310 e. The smallest absolute Gasteiger partial charge is 0.263 e. The van der Waals surface area contributed by atoms with Crippen molar-refractivity contribution >= 4 is 22.8 Å². The minimum absolute atomic E-state index is 0.129. The van der Waals surface area contributed by atoms with Crippen molar-refractivity contribution in [2.45, 2.75) is 33.1 Å². The lowest BCUT2D eigenvalue weighted by molar-refractivity contribution is -0.116. The minimum atomic E-state index is -0.336. The lowest BCUT2D eigenvalue weighted by Crippen LogP contribution is -2.19. The molecule has 35 heavy (non-hydrogen) atoms. The van der Waals surface area contributed by atoms with Crippen LogP contribution in [-0.4, -0.2) is 35.4 Å². The number of benzene rings is 2. The highest BCUT2D eigenvalue weighted by atomic mass is 16.1. The molecule has 3 heterocycles. The summed E-state index contributed by atoms with van der Waals surface area (Å²) in [4.78, 5) is 32.9. The molecule has 0 spiro atoms. The third kappa shape index (κ3) is 4.74. The van der Waals surface area contributed by atoms with Gasteiger partial charge in [-0.1, -0.05) is 42.5 Å². The van der Waals surface area contributed by atoms with Gasteiger partial charge in [0.05, 0.1) is 17.6 Å². The SMILES string of the molecule is Cc1cccc(-n2ncc3c(=O)[nH]c(-n4nc(C)cc4NC(=O)CCCc4ccccc4)nc32)c1. The molecule has 0 saturated carbocycles. The number of aromatic amines is 1. The fourth-order valence-electron chi connectivity index (χ4n) is 4.01. The Bertz CT molecular complexity index is 1560. The molecule has 1 amide bonds. The molecule has 0 unspecified atom stereocenters. The number of H-pyrrole nitrogens is 1. The van der Waals surface area contributed by atoms with Crippen molar-refractivity contribution in [2.75, 3.05) is 5.32 Å². The van der Waals surface area contributed by atoms with Crippen LogP contribution in [0, 0.1) is 13.8 Å². The van der Waals surface area contributed by atoms with E-state index in [1.807, 2.05) is 56.3 Å². The molecular weight excluding hydrogens is 442 g/mol. The Hall–Kier alpha value is -4.53. The zero-order valence-electron chi connectivity index (χ0n) is 19.5. The van der Waals surface area contributed by atoms with Crippen molar-refractivity contribution in [1.82, 2.24) is 29.5 Å². The monoisotopic (exact) mass is 467 g/mol. The molecule has 5 aromatic rings. The maximum absolute atomic E-state index is 12.8. The Morgan fingerprint density at radius 1 is 1.03 bits per heavy atom. The molecule has 0 aliphatic heterocycles. The maximum atomic E-state index is 12.8. The van der Waals surface area contributed by atoms with Gasteiger partial charge in [-0.3, -0.25) is 14.6 Å². The summed E-state index contributed by atoms with van der Waals surface area (Å²) < 4.78 is 3.07. The van der Waals surface area contributed by atoms with E-state index in [2.05, 4.69) is 37.6 Å². The number of hydrogen-bond acceptors (Lipinski definition) is 5. The van der Waals surface area contributed by atoms with Gasteiger partial charge >= 0.3 is 0 Å². The summed E-state index contributed by atoms with van der Waals surface area (Å²) in [6.07, 6.45) is 3.40. The van der Waals surface area contributed by atoms with Gasteiger partial charge in [-0.05, 0) is 49.9 Å². The van der Waals surface area contributed by atoms with Crippen molar-refractivity contribution in [3.63, 3.8) is 0 Å². The number of fused-ring (bicyclic) bond motifs is 1. The lowest BCUT2D eigenvalue weighted by Gasteiger charge is -2.09. The number of carbonyl (C=O) groups is 1. The number of hydrogen-bond donors (Lipinski definition) is 2. The zero-order valence-corrected chi connectivity index (χ0v) is 19.5. The second-order valence-electron chi connectivity index (χ2n) is 8.49. The molecule has 2 aromatic carbocycles. The molecule has 0 radical (unpaired) electrons. The van der Waals surface area contributed by atoms with Crippen LogP contribution in [0.1, 0.15) is 29.7 Å². The average molecular weight is 468 g/mol. The van der Waals surface area contributed by atoms with E-state index in [9.17, 15) is 9.59 Å². The normalized spacial score (nSPS) is 11.1. The fourth-order valence-corrected chi connectivity index (χ4v) is 4.01. The second kappa shape index (κ2) is 9.38. The first-order valence-corrected chi connectivity index (χ1v) is 11.4. The van der Waals surface area contributed by atoms with Gasteiger partial charge in [0.15, 0.2) is 5.65 Å². The van der Waals surface area contributed by atoms with Gasteiger partial charge in [0, 0.05) is 12.5 Å². The van der Waals surface area contributed by atoms with Crippen LogP contribution >= 0.6 is 0 Å². The summed E-state index contributed by atoms with van der Waals surface area (Å²) in [5, 5.41) is 12.1. The highest BCUT2D eigenvalue weighted by molar-refractivity contribution is 5.90. The second-order valence-corrected chi connectivity index (χ2v) is 8.49. The zero-order chi connectivity index (χ0) is 24.4. The Morgan fingerprint density at radius 3 is 2.66 bits per heavy atom. The topological polar surface area (TPSA) is 110 Å². The van der Waals surface area contributed by atoms with E-state index in [0.29, 0.717) is 29.0 Å². The van der Waals surface area contributed by atoms with Crippen LogP contribution in [-0.2, 0) is 11.2 Å². The molecule has 5 rings (SSSR count). The van der Waals surface area contributed by atoms with Gasteiger partial charge in [-0.15, -0.1) is 0 Å². The summed E-state index contributed by atoms with van der Waals surface area (Å²) >= 11 is 0. The van der Waals surface area contributed by atoms with Gasteiger partial charge in [-0.25, -0.2) is 4.68 Å². The van der Waals surface area contributed by atoms with Gasteiger partial charge in [0.2, 0.25) is 11.9 Å². The quantitative estimate of drug-likeness (QED) is 0.378. The van der Waals surface area contributed by atoms with E-state index in [0.717, 1.165) is 24.1 Å². The molecular formula is C26H25N7O2. The Kier molecular flexibility index (Phi) is 5.97. The van der Waals surface area contributed by atoms with Crippen LogP contribution in [0.15, 0.2) is 71.7 Å². The molecule has 9 nitrogen and oxygen atoms in total. The molecule has 0 saturated heterocycles. The lowest BCUT2D eigenvalue weighted by atomic mass is 10.1. The molecule has 0 fully saturated rings. The molecule has 2 N–H and O–H groups in total. The van der Waals surface area contributed by atoms with E-state index in [1.165, 1.54) is 16.4 Å². The van der Waals surface area contributed by atoms with E-state index >= 15 is 0 Å². The highest BCUT2D eigenvalue weighted by Gasteiger charge is 2.17. The summed E-state index contributed by atoms with van der Waals surface area (Å²) in [7, 11) is 0. The van der Waals surface area contributed by atoms with Crippen LogP contribution < -0.4 is 10.9 Å². The molecule has 3 aromatic heterocycles. The van der Waals surface area contributed by atoms with Crippen LogP contribution in [0.4, 0.5) is 5.82 Å². The van der Waals surface area contributed by atoms with Crippen LogP contribution in [0.25, 0.3) is 22.7 Å². The third-order valence-corrected chi connectivity index (χ3v) is 5.68. The number of nitrogens with one attached hydrogen (secondary N) is 2. The van der Waals surface area contributed by atoms with Gasteiger partial charge in [-0.2, -0.15) is 19.9 Å². The fraction of sp³-hybridized carbons (Fsp3) is 0.192. The molecule has 176 valence electrons. The number of aryl methyl sites for hydroxylation is 3. The number of rotatable bonds is 7. The molecule has 0 aliphatic carbocycles. The number of anilines is 1. The Labute approximate surface area is 201 Å². The molecule has 0 bridgehead atoms. The molecule has 0 aliphatic rings. The number of carbonyl (C=O) groups excluding carboxylic acids is 1. The van der Waals surface area contributed by atoms with Crippen LogP contribution in [0.3, 0.4) is 0 Å². The van der Waals surface area contributed by atoms with E-state index in [-0.39, 0.29) is 17.4 Å². The van der Waals surface area contributed by atoms with Crippen LogP contribution in [0.2, 0.25) is 0 Å². The van der Waals surface area contributed by atoms with Crippen molar-refractivity contribution in [2.24, 2.45) is 0 Å². The van der Waals surface area contributed by atoms with Gasteiger partial charge in [0.1, 0.15) is 11.2 Å². The summed E-state index contributed by atoms with van der Waals surface area (Å²) in [6, 6.07) is 19.6. The predicted octanol–water partition coefficient (Wildman–Crippen LogP) is 3.87. The van der Waals surface area contributed by atoms with E-state index in [1.54, 1.807) is 10.7 Å². The first-order valence-electron chi connectivity index (χ1n) is 11.4. The standard InChI is InChI=1S/C26H25N7O2/c1-17-8-6-12-20(14-17)32-24-21(16-27-32)25(35)30-26(29-24)33-22(15-18(2)31-33)28-23(34)13-7-11-19-9-4-3-5-10-19/h3-6,8-10,12,14-16H,7,11,13H2,1-2H3,(H,28,34)(H,29,30,35). The highest BCUT2D eigenvalue weighted by Crippen LogP contribution is 2.19.